The fourth-order valence-corrected chi connectivity index (χ4v) is 6.25. The summed E-state index contributed by atoms with van der Waals surface area (Å²) in [7, 11) is 0. The number of anilines is 1. The number of aryl methyl sites for hydroxylation is 1. The van der Waals surface area contributed by atoms with Crippen molar-refractivity contribution in [2.75, 3.05) is 18.4 Å². The van der Waals surface area contributed by atoms with Crippen molar-refractivity contribution in [3.8, 4) is 11.3 Å². The second-order valence-electron chi connectivity index (χ2n) is 11.2. The molecule has 0 spiro atoms. The maximum absolute atomic E-state index is 14.2. The Labute approximate surface area is 260 Å². The Balaban J connectivity index is 1.49. The lowest BCUT2D eigenvalue weighted by molar-refractivity contribution is 0.239. The number of fused-ring (bicyclic) bond motifs is 1. The third kappa shape index (κ3) is 5.21. The first-order chi connectivity index (χ1) is 22.0. The molecule has 0 saturated carbocycles. The van der Waals surface area contributed by atoms with Gasteiger partial charge in [-0.2, -0.15) is 5.10 Å². The first-order valence-electron chi connectivity index (χ1n) is 14.9. The fraction of sp³-hybridized carbons (Fsp3) is 0.167. The summed E-state index contributed by atoms with van der Waals surface area (Å²) in [5.74, 6) is 0.322. The van der Waals surface area contributed by atoms with E-state index < -0.39 is 23.8 Å². The number of carbonyl (C=O) groups is 1. The van der Waals surface area contributed by atoms with E-state index in [4.69, 9.17) is 5.10 Å². The molecule has 0 unspecified atom stereocenters. The van der Waals surface area contributed by atoms with Gasteiger partial charge in [-0.25, -0.2) is 18.9 Å². The lowest BCUT2D eigenvalue weighted by atomic mass is 9.77. The summed E-state index contributed by atoms with van der Waals surface area (Å²) in [5.41, 5.74) is 5.39. The highest BCUT2D eigenvalue weighted by molar-refractivity contribution is 5.97. The number of urea groups is 1. The number of pyridine rings is 2. The van der Waals surface area contributed by atoms with E-state index in [1.54, 1.807) is 12.4 Å². The maximum atomic E-state index is 14.2. The number of alkyl halides is 1. The zero-order valence-electron chi connectivity index (χ0n) is 24.7. The molecule has 0 aliphatic carbocycles. The number of hydrogen-bond donors (Lipinski definition) is 3. The number of carbonyl (C=O) groups excluding carboxylic acids is 1. The molecule has 0 bridgehead atoms. The molecule has 2 atom stereocenters. The molecule has 7 rings (SSSR count). The van der Waals surface area contributed by atoms with E-state index in [1.165, 1.54) is 0 Å². The summed E-state index contributed by atoms with van der Waals surface area (Å²) in [4.78, 5) is 22.0. The van der Waals surface area contributed by atoms with Gasteiger partial charge in [0.15, 0.2) is 0 Å². The van der Waals surface area contributed by atoms with Gasteiger partial charge in [0, 0.05) is 48.2 Å². The Morgan fingerprint density at radius 1 is 0.867 bits per heavy atom. The predicted molar refractivity (Wildman–Crippen MR) is 174 cm³/mol. The number of rotatable bonds is 7. The van der Waals surface area contributed by atoms with Crippen molar-refractivity contribution >= 4 is 22.8 Å². The van der Waals surface area contributed by atoms with Crippen LogP contribution in [0.1, 0.15) is 22.4 Å². The van der Waals surface area contributed by atoms with Crippen LogP contribution in [0.2, 0.25) is 0 Å². The summed E-state index contributed by atoms with van der Waals surface area (Å²) >= 11 is 0. The van der Waals surface area contributed by atoms with Crippen molar-refractivity contribution in [1.82, 2.24) is 30.4 Å². The summed E-state index contributed by atoms with van der Waals surface area (Å²) in [6.07, 6.45) is 2.36. The number of amides is 2. The van der Waals surface area contributed by atoms with Crippen LogP contribution < -0.4 is 16.0 Å². The minimum absolute atomic E-state index is 0.214. The van der Waals surface area contributed by atoms with Crippen LogP contribution in [0.5, 0.6) is 0 Å². The molecular formula is C36H32FN7O. The molecule has 1 fully saturated rings. The van der Waals surface area contributed by atoms with Gasteiger partial charge in [0.2, 0.25) is 0 Å². The van der Waals surface area contributed by atoms with Crippen LogP contribution in [0.3, 0.4) is 0 Å². The molecule has 2 amide bonds. The minimum Gasteiger partial charge on any atom is -0.331 e. The summed E-state index contributed by atoms with van der Waals surface area (Å²) in [6.45, 7) is 2.54. The lowest BCUT2D eigenvalue weighted by Gasteiger charge is -2.37. The molecule has 3 aromatic heterocycles. The third-order valence-corrected chi connectivity index (χ3v) is 8.33. The molecule has 1 aliphatic heterocycles. The van der Waals surface area contributed by atoms with E-state index in [2.05, 4.69) is 62.3 Å². The van der Waals surface area contributed by atoms with Gasteiger partial charge in [-0.1, -0.05) is 91.0 Å². The number of nitrogens with zero attached hydrogens (tertiary/aromatic N) is 4. The molecule has 0 radical (unpaired) electrons. The maximum Gasteiger partial charge on any atom is 0.320 e. The van der Waals surface area contributed by atoms with E-state index in [0.29, 0.717) is 12.4 Å². The third-order valence-electron chi connectivity index (χ3n) is 8.33. The van der Waals surface area contributed by atoms with Crippen LogP contribution in [0.15, 0.2) is 122 Å². The van der Waals surface area contributed by atoms with Crippen molar-refractivity contribution in [2.45, 2.75) is 24.7 Å². The van der Waals surface area contributed by atoms with Gasteiger partial charge >= 0.3 is 6.03 Å². The molecule has 1 aliphatic rings. The van der Waals surface area contributed by atoms with Crippen molar-refractivity contribution in [2.24, 2.45) is 0 Å². The molecule has 45 heavy (non-hydrogen) atoms. The Morgan fingerprint density at radius 2 is 1.49 bits per heavy atom. The number of aromatic nitrogens is 4. The van der Waals surface area contributed by atoms with E-state index in [-0.39, 0.29) is 6.54 Å². The summed E-state index contributed by atoms with van der Waals surface area (Å²) < 4.78 is 16.3. The monoisotopic (exact) mass is 597 g/mol. The van der Waals surface area contributed by atoms with Crippen molar-refractivity contribution in [3.63, 3.8) is 0 Å². The lowest BCUT2D eigenvalue weighted by Crippen LogP contribution is -2.43. The first kappa shape index (κ1) is 28.4. The molecule has 4 heterocycles. The van der Waals surface area contributed by atoms with Gasteiger partial charge in [0.1, 0.15) is 23.2 Å². The first-order valence-corrected chi connectivity index (χ1v) is 14.9. The highest BCUT2D eigenvalue weighted by atomic mass is 19.1. The molecule has 6 aromatic rings. The molecule has 8 nitrogen and oxygen atoms in total. The smallest absolute Gasteiger partial charge is 0.320 e. The second kappa shape index (κ2) is 11.9. The fourth-order valence-electron chi connectivity index (χ4n) is 6.25. The van der Waals surface area contributed by atoms with Crippen molar-refractivity contribution < 1.29 is 9.18 Å². The van der Waals surface area contributed by atoms with Gasteiger partial charge in [0.05, 0.1) is 11.6 Å². The highest BCUT2D eigenvalue weighted by Crippen LogP contribution is 2.44. The van der Waals surface area contributed by atoms with Gasteiger partial charge in [-0.05, 0) is 35.7 Å². The van der Waals surface area contributed by atoms with Gasteiger partial charge < -0.3 is 10.6 Å². The Bertz CT molecular complexity index is 1850. The number of hydrogen-bond acceptors (Lipinski definition) is 5. The van der Waals surface area contributed by atoms with E-state index >= 15 is 0 Å². The van der Waals surface area contributed by atoms with Gasteiger partial charge in [-0.3, -0.25) is 10.3 Å². The van der Waals surface area contributed by atoms with Crippen LogP contribution in [-0.2, 0) is 5.54 Å². The SMILES string of the molecule is Cc1cc(-c2nn(C(c3ccccc3)(c3ccccc3)c3ccccc3)c3cc(NC(=O)N[C@H]4CNC[C@@H]4F)ncc23)ccn1. The molecule has 3 N–H and O–H groups in total. The molecule has 9 heteroatoms. The van der Waals surface area contributed by atoms with Gasteiger partial charge in [-0.15, -0.1) is 0 Å². The van der Waals surface area contributed by atoms with Gasteiger partial charge in [0.25, 0.3) is 0 Å². The van der Waals surface area contributed by atoms with E-state index in [0.717, 1.165) is 44.5 Å². The van der Waals surface area contributed by atoms with E-state index in [1.807, 2.05) is 84.4 Å². The summed E-state index contributed by atoms with van der Waals surface area (Å²) in [6, 6.07) is 35.5. The standard InChI is InChI=1S/C36H32FN7O/c1-24-19-25(17-18-39-24)34-29-21-40-33(42-35(45)41-31-23-38-22-30(31)37)20-32(29)44(43-34)36(26-11-5-2-6-12-26,27-13-7-3-8-14-27)28-15-9-4-10-16-28/h2-21,30-31,38H,22-23H2,1H3,(H2,40,41,42,45)/t30-,31-/m0/s1. The van der Waals surface area contributed by atoms with E-state index in [9.17, 15) is 9.18 Å². The molecule has 1 saturated heterocycles. The normalized spacial score (nSPS) is 16.5. The number of benzene rings is 3. The Kier molecular flexibility index (Phi) is 7.52. The Morgan fingerprint density at radius 3 is 2.04 bits per heavy atom. The number of halogens is 1. The second-order valence-corrected chi connectivity index (χ2v) is 11.2. The largest absolute Gasteiger partial charge is 0.331 e. The molecule has 3 aromatic carbocycles. The zero-order valence-corrected chi connectivity index (χ0v) is 24.7. The quantitative estimate of drug-likeness (QED) is 0.194. The van der Waals surface area contributed by atoms with Crippen LogP contribution in [0.25, 0.3) is 22.2 Å². The van der Waals surface area contributed by atoms with Crippen LogP contribution >= 0.6 is 0 Å². The van der Waals surface area contributed by atoms with Crippen LogP contribution in [0, 0.1) is 6.92 Å². The topological polar surface area (TPSA) is 96.8 Å². The zero-order chi connectivity index (χ0) is 30.8. The average Bonchev–Trinajstić information content (AvgIpc) is 3.66. The van der Waals surface area contributed by atoms with Crippen molar-refractivity contribution in [1.29, 1.82) is 0 Å². The average molecular weight is 598 g/mol. The Hall–Kier alpha value is -5.41. The summed E-state index contributed by atoms with van der Waals surface area (Å²) in [5, 5.41) is 14.7. The minimum atomic E-state index is -1.15. The van der Waals surface area contributed by atoms with Crippen LogP contribution in [0.4, 0.5) is 15.0 Å². The van der Waals surface area contributed by atoms with Crippen LogP contribution in [-0.4, -0.2) is 51.1 Å². The highest BCUT2D eigenvalue weighted by Gasteiger charge is 2.41. The molecular weight excluding hydrogens is 565 g/mol. The number of nitrogens with one attached hydrogen (secondary N) is 3. The van der Waals surface area contributed by atoms with Crippen molar-refractivity contribution in [3.05, 3.63) is 144 Å². The molecule has 224 valence electrons. The predicted octanol–water partition coefficient (Wildman–Crippen LogP) is 6.07.